The summed E-state index contributed by atoms with van der Waals surface area (Å²) in [4.78, 5) is 13.4. The molecule has 86 valence electrons. The Morgan fingerprint density at radius 1 is 1.56 bits per heavy atom. The number of hydrogen-bond donors (Lipinski definition) is 1. The Balaban J connectivity index is 2.41. The molecular formula is C11H12BrClN2O. The first-order chi connectivity index (χ1) is 7.49. The van der Waals surface area contributed by atoms with Crippen LogP contribution in [0.4, 0.5) is 5.69 Å². The van der Waals surface area contributed by atoms with Crippen LogP contribution in [0.3, 0.4) is 0 Å². The Bertz CT molecular complexity index is 450. The van der Waals surface area contributed by atoms with Gasteiger partial charge in [0.15, 0.2) is 0 Å². The van der Waals surface area contributed by atoms with Crippen molar-refractivity contribution in [2.24, 2.45) is 5.73 Å². The second-order valence-corrected chi connectivity index (χ2v) is 5.28. The third-order valence-electron chi connectivity index (χ3n) is 2.68. The fourth-order valence-electron chi connectivity index (χ4n) is 1.89. The van der Waals surface area contributed by atoms with Crippen LogP contribution >= 0.6 is 27.5 Å². The van der Waals surface area contributed by atoms with Gasteiger partial charge in [-0.3, -0.25) is 4.79 Å². The Morgan fingerprint density at radius 2 is 2.25 bits per heavy atom. The van der Waals surface area contributed by atoms with Crippen LogP contribution < -0.4 is 10.6 Å². The van der Waals surface area contributed by atoms with E-state index in [1.54, 1.807) is 11.0 Å². The maximum absolute atomic E-state index is 11.7. The predicted octanol–water partition coefficient (Wildman–Crippen LogP) is 2.47. The zero-order chi connectivity index (χ0) is 11.9. The highest BCUT2D eigenvalue weighted by molar-refractivity contribution is 9.10. The summed E-state index contributed by atoms with van der Waals surface area (Å²) in [6, 6.07) is 3.64. The molecule has 1 saturated heterocycles. The number of halogens is 2. The summed E-state index contributed by atoms with van der Waals surface area (Å²) in [6.45, 7) is 2.52. The molecule has 5 heteroatoms. The maximum Gasteiger partial charge on any atom is 0.228 e. The van der Waals surface area contributed by atoms with E-state index in [0.29, 0.717) is 18.0 Å². The molecule has 1 heterocycles. The van der Waals surface area contributed by atoms with Crippen LogP contribution in [0.25, 0.3) is 0 Å². The van der Waals surface area contributed by atoms with Crippen molar-refractivity contribution in [2.45, 2.75) is 19.4 Å². The van der Waals surface area contributed by atoms with Gasteiger partial charge in [-0.1, -0.05) is 11.6 Å². The normalized spacial score (nSPS) is 20.6. The van der Waals surface area contributed by atoms with Crippen LogP contribution in [0.15, 0.2) is 16.6 Å². The van der Waals surface area contributed by atoms with Crippen LogP contribution in [-0.4, -0.2) is 18.5 Å². The largest absolute Gasteiger partial charge is 0.326 e. The average Bonchev–Trinajstić information content (AvgIpc) is 2.51. The fraction of sp³-hybridized carbons (Fsp3) is 0.364. The first-order valence-corrected chi connectivity index (χ1v) is 6.17. The van der Waals surface area contributed by atoms with Crippen molar-refractivity contribution in [3.8, 4) is 0 Å². The molecule has 1 atom stereocenters. The van der Waals surface area contributed by atoms with E-state index in [4.69, 9.17) is 17.3 Å². The molecule has 1 aliphatic heterocycles. The first-order valence-electron chi connectivity index (χ1n) is 5.00. The Kier molecular flexibility index (Phi) is 3.24. The van der Waals surface area contributed by atoms with Crippen LogP contribution in [0.1, 0.15) is 12.0 Å². The number of amides is 1. The van der Waals surface area contributed by atoms with Crippen molar-refractivity contribution in [1.29, 1.82) is 0 Å². The lowest BCUT2D eigenvalue weighted by molar-refractivity contribution is -0.117. The van der Waals surface area contributed by atoms with E-state index in [1.165, 1.54) is 0 Å². The van der Waals surface area contributed by atoms with Gasteiger partial charge in [0, 0.05) is 29.2 Å². The SMILES string of the molecule is Cc1cc(Br)c(Cl)cc1N1CC(N)CC1=O. The summed E-state index contributed by atoms with van der Waals surface area (Å²) < 4.78 is 0.839. The van der Waals surface area contributed by atoms with Crippen molar-refractivity contribution in [3.05, 3.63) is 27.2 Å². The fourth-order valence-corrected chi connectivity index (χ4v) is 2.51. The van der Waals surface area contributed by atoms with Crippen molar-refractivity contribution in [1.82, 2.24) is 0 Å². The van der Waals surface area contributed by atoms with Crippen molar-refractivity contribution >= 4 is 39.1 Å². The van der Waals surface area contributed by atoms with Gasteiger partial charge in [-0.2, -0.15) is 0 Å². The van der Waals surface area contributed by atoms with E-state index in [1.807, 2.05) is 13.0 Å². The average molecular weight is 304 g/mol. The zero-order valence-corrected chi connectivity index (χ0v) is 11.2. The van der Waals surface area contributed by atoms with Gasteiger partial charge in [0.05, 0.1) is 5.02 Å². The summed E-state index contributed by atoms with van der Waals surface area (Å²) in [5.41, 5.74) is 7.63. The predicted molar refractivity (Wildman–Crippen MR) is 68.8 cm³/mol. The van der Waals surface area contributed by atoms with E-state index in [2.05, 4.69) is 15.9 Å². The number of anilines is 1. The molecule has 2 rings (SSSR count). The number of aryl methyl sites for hydroxylation is 1. The molecule has 0 spiro atoms. The number of hydrogen-bond acceptors (Lipinski definition) is 2. The zero-order valence-electron chi connectivity index (χ0n) is 8.84. The van der Waals surface area contributed by atoms with Crippen molar-refractivity contribution in [2.75, 3.05) is 11.4 Å². The number of rotatable bonds is 1. The van der Waals surface area contributed by atoms with Gasteiger partial charge in [0.2, 0.25) is 5.91 Å². The number of carbonyl (C=O) groups is 1. The molecule has 1 fully saturated rings. The van der Waals surface area contributed by atoms with Crippen molar-refractivity contribution < 1.29 is 4.79 Å². The molecule has 0 aliphatic carbocycles. The second-order valence-electron chi connectivity index (χ2n) is 4.02. The Morgan fingerprint density at radius 3 is 2.81 bits per heavy atom. The lowest BCUT2D eigenvalue weighted by atomic mass is 10.2. The quantitative estimate of drug-likeness (QED) is 0.866. The summed E-state index contributed by atoms with van der Waals surface area (Å²) in [7, 11) is 0. The minimum absolute atomic E-state index is 0.0639. The minimum atomic E-state index is -0.0747. The molecule has 0 bridgehead atoms. The first kappa shape index (κ1) is 11.9. The van der Waals surface area contributed by atoms with Gasteiger partial charge in [-0.15, -0.1) is 0 Å². The van der Waals surface area contributed by atoms with Gasteiger partial charge in [-0.05, 0) is 40.5 Å². The van der Waals surface area contributed by atoms with E-state index in [9.17, 15) is 4.79 Å². The molecule has 1 aromatic rings. The van der Waals surface area contributed by atoms with E-state index >= 15 is 0 Å². The summed E-state index contributed by atoms with van der Waals surface area (Å²) >= 11 is 9.39. The number of nitrogens with zero attached hydrogens (tertiary/aromatic N) is 1. The standard InChI is InChI=1S/C11H12BrClN2O/c1-6-2-8(12)9(13)4-10(6)15-5-7(14)3-11(15)16/h2,4,7H,3,5,14H2,1H3. The lowest BCUT2D eigenvalue weighted by Crippen LogP contribution is -2.28. The van der Waals surface area contributed by atoms with Crippen LogP contribution in [0.2, 0.25) is 5.02 Å². The Labute approximate surface area is 108 Å². The summed E-state index contributed by atoms with van der Waals surface area (Å²) in [5.74, 6) is 0.0639. The van der Waals surface area contributed by atoms with Gasteiger partial charge >= 0.3 is 0 Å². The van der Waals surface area contributed by atoms with Crippen LogP contribution in [0, 0.1) is 6.92 Å². The third-order valence-corrected chi connectivity index (χ3v) is 3.88. The molecule has 0 saturated carbocycles. The molecule has 3 nitrogen and oxygen atoms in total. The van der Waals surface area contributed by atoms with Gasteiger partial charge in [0.25, 0.3) is 0 Å². The molecular weight excluding hydrogens is 291 g/mol. The van der Waals surface area contributed by atoms with Crippen LogP contribution in [0.5, 0.6) is 0 Å². The molecule has 1 aromatic carbocycles. The number of benzene rings is 1. The number of carbonyl (C=O) groups excluding carboxylic acids is 1. The van der Waals surface area contributed by atoms with E-state index in [-0.39, 0.29) is 11.9 Å². The minimum Gasteiger partial charge on any atom is -0.326 e. The molecule has 0 radical (unpaired) electrons. The molecule has 2 N–H and O–H groups in total. The Hall–Kier alpha value is -0.580. The topological polar surface area (TPSA) is 46.3 Å². The van der Waals surface area contributed by atoms with Crippen molar-refractivity contribution in [3.63, 3.8) is 0 Å². The second kappa shape index (κ2) is 4.35. The van der Waals surface area contributed by atoms with E-state index < -0.39 is 0 Å². The molecule has 16 heavy (non-hydrogen) atoms. The highest BCUT2D eigenvalue weighted by atomic mass is 79.9. The van der Waals surface area contributed by atoms with Gasteiger partial charge < -0.3 is 10.6 Å². The van der Waals surface area contributed by atoms with E-state index in [0.717, 1.165) is 15.7 Å². The van der Waals surface area contributed by atoms with Crippen LogP contribution in [-0.2, 0) is 4.79 Å². The molecule has 0 aromatic heterocycles. The molecule has 1 aliphatic rings. The highest BCUT2D eigenvalue weighted by Crippen LogP contribution is 2.32. The highest BCUT2D eigenvalue weighted by Gasteiger charge is 2.29. The van der Waals surface area contributed by atoms with Gasteiger partial charge in [-0.25, -0.2) is 0 Å². The summed E-state index contributed by atoms with van der Waals surface area (Å²) in [6.07, 6.45) is 0.410. The summed E-state index contributed by atoms with van der Waals surface area (Å²) in [5, 5.41) is 0.605. The monoisotopic (exact) mass is 302 g/mol. The third kappa shape index (κ3) is 2.10. The lowest BCUT2D eigenvalue weighted by Gasteiger charge is -2.19. The number of nitrogens with two attached hydrogens (primary N) is 1. The molecule has 1 amide bonds. The van der Waals surface area contributed by atoms with Gasteiger partial charge in [0.1, 0.15) is 0 Å². The smallest absolute Gasteiger partial charge is 0.228 e. The maximum atomic E-state index is 11.7. The molecule has 1 unspecified atom stereocenters.